The van der Waals surface area contributed by atoms with Crippen LogP contribution in [0, 0.1) is 6.92 Å². The molecule has 0 spiro atoms. The van der Waals surface area contributed by atoms with Gasteiger partial charge in [0.2, 0.25) is 0 Å². The van der Waals surface area contributed by atoms with Gasteiger partial charge in [-0.1, -0.05) is 22.0 Å². The van der Waals surface area contributed by atoms with Crippen LogP contribution < -0.4 is 5.32 Å². The van der Waals surface area contributed by atoms with Gasteiger partial charge in [-0.15, -0.1) is 0 Å². The van der Waals surface area contributed by atoms with Crippen molar-refractivity contribution in [2.24, 2.45) is 0 Å². The van der Waals surface area contributed by atoms with Gasteiger partial charge in [0.05, 0.1) is 0 Å². The Morgan fingerprint density at radius 2 is 2.00 bits per heavy atom. The summed E-state index contributed by atoms with van der Waals surface area (Å²) in [7, 11) is 0. The van der Waals surface area contributed by atoms with E-state index in [2.05, 4.69) is 21.2 Å². The molecule has 0 aliphatic heterocycles. The molecule has 1 aromatic rings. The van der Waals surface area contributed by atoms with Gasteiger partial charge in [0.15, 0.2) is 0 Å². The van der Waals surface area contributed by atoms with Crippen LogP contribution in [-0.2, 0) is 0 Å². The number of halogens is 4. The van der Waals surface area contributed by atoms with E-state index in [1.165, 1.54) is 0 Å². The molecule has 1 aromatic carbocycles. The summed E-state index contributed by atoms with van der Waals surface area (Å²) in [6.07, 6.45) is -4.58. The second-order valence-electron chi connectivity index (χ2n) is 4.29. The SMILES string of the molecule is Cc1ccc(Br)cc1C(=O)NCCCCC(F)(F)F. The summed E-state index contributed by atoms with van der Waals surface area (Å²) in [5, 5.41) is 2.63. The number of hydrogen-bond donors (Lipinski definition) is 1. The molecule has 6 heteroatoms. The largest absolute Gasteiger partial charge is 0.389 e. The molecule has 1 amide bonds. The summed E-state index contributed by atoms with van der Waals surface area (Å²) >= 11 is 3.27. The van der Waals surface area contributed by atoms with Crippen molar-refractivity contribution in [3.63, 3.8) is 0 Å². The lowest BCUT2D eigenvalue weighted by Crippen LogP contribution is -2.25. The highest BCUT2D eigenvalue weighted by Crippen LogP contribution is 2.22. The van der Waals surface area contributed by atoms with Crippen LogP contribution in [0.25, 0.3) is 0 Å². The first kappa shape index (κ1) is 16.0. The minimum Gasteiger partial charge on any atom is -0.352 e. The molecule has 0 bridgehead atoms. The van der Waals surface area contributed by atoms with Crippen LogP contribution in [0.2, 0.25) is 0 Å². The maximum atomic E-state index is 11.9. The molecule has 0 atom stereocenters. The third kappa shape index (κ3) is 6.09. The first-order valence-corrected chi connectivity index (χ1v) is 6.70. The van der Waals surface area contributed by atoms with E-state index in [0.717, 1.165) is 10.0 Å². The third-order valence-corrected chi connectivity index (χ3v) is 3.11. The summed E-state index contributed by atoms with van der Waals surface area (Å²) in [5.41, 5.74) is 1.36. The van der Waals surface area contributed by atoms with Crippen LogP contribution >= 0.6 is 15.9 Å². The second-order valence-corrected chi connectivity index (χ2v) is 5.20. The van der Waals surface area contributed by atoms with Gasteiger partial charge in [0.1, 0.15) is 0 Å². The van der Waals surface area contributed by atoms with Gasteiger partial charge in [-0.2, -0.15) is 13.2 Å². The molecule has 0 saturated heterocycles. The standard InChI is InChI=1S/C13H15BrF3NO/c1-9-4-5-10(14)8-11(9)12(19)18-7-3-2-6-13(15,16)17/h4-5,8H,2-3,6-7H2,1H3,(H,18,19). The smallest absolute Gasteiger partial charge is 0.352 e. The zero-order valence-electron chi connectivity index (χ0n) is 10.5. The number of unbranched alkanes of at least 4 members (excludes halogenated alkanes) is 1. The Morgan fingerprint density at radius 3 is 2.63 bits per heavy atom. The summed E-state index contributed by atoms with van der Waals surface area (Å²) in [5.74, 6) is -0.259. The topological polar surface area (TPSA) is 29.1 Å². The van der Waals surface area contributed by atoms with Crippen molar-refractivity contribution in [1.82, 2.24) is 5.32 Å². The average Bonchev–Trinajstić information content (AvgIpc) is 2.30. The average molecular weight is 338 g/mol. The number of benzene rings is 1. The number of carbonyl (C=O) groups is 1. The number of hydrogen-bond acceptors (Lipinski definition) is 1. The number of carbonyl (C=O) groups excluding carboxylic acids is 1. The minimum absolute atomic E-state index is 0.0290. The second kappa shape index (κ2) is 6.93. The number of alkyl halides is 3. The lowest BCUT2D eigenvalue weighted by molar-refractivity contribution is -0.135. The van der Waals surface area contributed by atoms with E-state index in [-0.39, 0.29) is 18.9 Å². The Hall–Kier alpha value is -1.04. The summed E-state index contributed by atoms with van der Waals surface area (Å²) < 4.78 is 36.5. The fourth-order valence-electron chi connectivity index (χ4n) is 1.59. The number of aryl methyl sites for hydroxylation is 1. The van der Waals surface area contributed by atoms with E-state index >= 15 is 0 Å². The lowest BCUT2D eigenvalue weighted by Gasteiger charge is -2.09. The molecule has 19 heavy (non-hydrogen) atoms. The predicted octanol–water partition coefficient (Wildman–Crippen LogP) is 4.22. The van der Waals surface area contributed by atoms with E-state index in [1.807, 2.05) is 19.1 Å². The molecular formula is C13H15BrF3NO. The molecule has 106 valence electrons. The Bertz CT molecular complexity index is 446. The fourth-order valence-corrected chi connectivity index (χ4v) is 1.95. The molecule has 2 nitrogen and oxygen atoms in total. The zero-order valence-corrected chi connectivity index (χ0v) is 12.1. The Labute approximate surface area is 118 Å². The van der Waals surface area contributed by atoms with Gasteiger partial charge in [0.25, 0.3) is 5.91 Å². The van der Waals surface area contributed by atoms with E-state index in [0.29, 0.717) is 12.0 Å². The molecule has 0 fully saturated rings. The Morgan fingerprint density at radius 1 is 1.32 bits per heavy atom. The first-order chi connectivity index (χ1) is 8.79. The van der Waals surface area contributed by atoms with Crippen LogP contribution in [0.1, 0.15) is 35.2 Å². The summed E-state index contributed by atoms with van der Waals surface area (Å²) in [6, 6.07) is 5.33. The van der Waals surface area contributed by atoms with E-state index in [4.69, 9.17) is 0 Å². The van der Waals surface area contributed by atoms with Crippen LogP contribution in [0.5, 0.6) is 0 Å². The molecule has 0 unspecified atom stereocenters. The maximum absolute atomic E-state index is 11.9. The van der Waals surface area contributed by atoms with E-state index < -0.39 is 12.6 Å². The summed E-state index contributed by atoms with van der Waals surface area (Å²) in [6.45, 7) is 2.06. The van der Waals surface area contributed by atoms with E-state index in [9.17, 15) is 18.0 Å². The molecule has 0 heterocycles. The van der Waals surface area contributed by atoms with Crippen molar-refractivity contribution in [1.29, 1.82) is 0 Å². The normalized spacial score (nSPS) is 11.4. The Kier molecular flexibility index (Phi) is 5.85. The lowest BCUT2D eigenvalue weighted by atomic mass is 10.1. The quantitative estimate of drug-likeness (QED) is 0.801. The van der Waals surface area contributed by atoms with Gasteiger partial charge in [-0.05, 0) is 37.5 Å². The molecule has 0 aromatic heterocycles. The summed E-state index contributed by atoms with van der Waals surface area (Å²) in [4.78, 5) is 11.8. The third-order valence-electron chi connectivity index (χ3n) is 2.62. The number of nitrogens with one attached hydrogen (secondary N) is 1. The van der Waals surface area contributed by atoms with Crippen LogP contribution in [0.4, 0.5) is 13.2 Å². The van der Waals surface area contributed by atoms with Crippen molar-refractivity contribution in [2.45, 2.75) is 32.4 Å². The van der Waals surface area contributed by atoms with E-state index in [1.54, 1.807) is 6.07 Å². The van der Waals surface area contributed by atoms with Crippen molar-refractivity contribution >= 4 is 21.8 Å². The van der Waals surface area contributed by atoms with Gasteiger partial charge in [0, 0.05) is 23.0 Å². The monoisotopic (exact) mass is 337 g/mol. The van der Waals surface area contributed by atoms with Gasteiger partial charge < -0.3 is 5.32 Å². The highest BCUT2D eigenvalue weighted by molar-refractivity contribution is 9.10. The van der Waals surface area contributed by atoms with Crippen molar-refractivity contribution < 1.29 is 18.0 Å². The molecule has 0 aliphatic rings. The number of rotatable bonds is 5. The minimum atomic E-state index is -4.12. The zero-order chi connectivity index (χ0) is 14.5. The number of amides is 1. The van der Waals surface area contributed by atoms with Crippen molar-refractivity contribution in [3.05, 3.63) is 33.8 Å². The molecule has 0 aliphatic carbocycles. The van der Waals surface area contributed by atoms with Gasteiger partial charge in [-0.3, -0.25) is 4.79 Å². The molecule has 1 N–H and O–H groups in total. The highest BCUT2D eigenvalue weighted by atomic mass is 79.9. The fraction of sp³-hybridized carbons (Fsp3) is 0.462. The van der Waals surface area contributed by atoms with Gasteiger partial charge >= 0.3 is 6.18 Å². The predicted molar refractivity (Wildman–Crippen MR) is 71.1 cm³/mol. The maximum Gasteiger partial charge on any atom is 0.389 e. The van der Waals surface area contributed by atoms with Crippen molar-refractivity contribution in [3.8, 4) is 0 Å². The Balaban J connectivity index is 2.38. The first-order valence-electron chi connectivity index (χ1n) is 5.91. The molecule has 1 rings (SSSR count). The highest BCUT2D eigenvalue weighted by Gasteiger charge is 2.25. The van der Waals surface area contributed by atoms with Gasteiger partial charge in [-0.25, -0.2) is 0 Å². The van der Waals surface area contributed by atoms with Crippen molar-refractivity contribution in [2.75, 3.05) is 6.54 Å². The molecule has 0 saturated carbocycles. The molecular weight excluding hydrogens is 323 g/mol. The van der Waals surface area contributed by atoms with Crippen LogP contribution in [0.15, 0.2) is 22.7 Å². The van der Waals surface area contributed by atoms with Crippen LogP contribution in [0.3, 0.4) is 0 Å². The van der Waals surface area contributed by atoms with Crippen LogP contribution in [-0.4, -0.2) is 18.6 Å². The molecule has 0 radical (unpaired) electrons.